The van der Waals surface area contributed by atoms with Gasteiger partial charge in [0, 0.05) is 19.6 Å². The van der Waals surface area contributed by atoms with Gasteiger partial charge < -0.3 is 10.0 Å². The van der Waals surface area contributed by atoms with Crippen molar-refractivity contribution < 1.29 is 9.90 Å². The number of hydrogen-bond acceptors (Lipinski definition) is 2. The number of carbonyl (C=O) groups is 1. The van der Waals surface area contributed by atoms with Gasteiger partial charge in [-0.15, -0.1) is 0 Å². The molecule has 1 aliphatic heterocycles. The average Bonchev–Trinajstić information content (AvgIpc) is 2.15. The van der Waals surface area contributed by atoms with Crippen LogP contribution in [0, 0.1) is 11.3 Å². The van der Waals surface area contributed by atoms with Crippen molar-refractivity contribution in [1.29, 1.82) is 0 Å². The van der Waals surface area contributed by atoms with Crippen LogP contribution >= 0.6 is 0 Å². The normalized spacial score (nSPS) is 26.3. The molecule has 0 aromatic heterocycles. The molecule has 0 spiro atoms. The largest absolute Gasteiger partial charge is 0.481 e. The quantitative estimate of drug-likeness (QED) is 0.798. The molecule has 0 atom stereocenters. The van der Waals surface area contributed by atoms with Gasteiger partial charge in [-0.2, -0.15) is 0 Å². The predicted octanol–water partition coefficient (Wildman–Crippen LogP) is 2.36. The van der Waals surface area contributed by atoms with E-state index in [-0.39, 0.29) is 5.41 Å². The number of likely N-dealkylation sites (tertiary alicyclic amines) is 1. The maximum absolute atomic E-state index is 11.0. The Kier molecular flexibility index (Phi) is 3.53. The number of nitrogens with zero attached hydrogens (tertiary/aromatic N) is 1. The van der Waals surface area contributed by atoms with Gasteiger partial charge in [0.2, 0.25) is 0 Å². The third-order valence-electron chi connectivity index (χ3n) is 4.14. The highest BCUT2D eigenvalue weighted by Crippen LogP contribution is 2.41. The fourth-order valence-corrected chi connectivity index (χ4v) is 3.44. The molecule has 1 saturated heterocycles. The summed E-state index contributed by atoms with van der Waals surface area (Å²) >= 11 is 0. The highest BCUT2D eigenvalue weighted by atomic mass is 16.4. The number of carboxylic acid groups (broad SMARTS) is 1. The van der Waals surface area contributed by atoms with E-state index < -0.39 is 5.97 Å². The van der Waals surface area contributed by atoms with Crippen LogP contribution in [-0.4, -0.2) is 35.6 Å². The minimum atomic E-state index is -0.615. The van der Waals surface area contributed by atoms with Gasteiger partial charge in [-0.1, -0.05) is 26.2 Å². The number of aliphatic carboxylic acids is 1. The molecule has 92 valence electrons. The molecule has 2 aliphatic rings. The monoisotopic (exact) mass is 225 g/mol. The number of rotatable bonds is 4. The summed E-state index contributed by atoms with van der Waals surface area (Å²) in [7, 11) is 0. The lowest BCUT2D eigenvalue weighted by Gasteiger charge is -2.46. The summed E-state index contributed by atoms with van der Waals surface area (Å²) in [4.78, 5) is 13.4. The first-order valence-corrected chi connectivity index (χ1v) is 6.54. The smallest absolute Gasteiger partial charge is 0.303 e. The second kappa shape index (κ2) is 4.74. The topological polar surface area (TPSA) is 40.5 Å². The molecule has 0 unspecified atom stereocenters. The van der Waals surface area contributed by atoms with Gasteiger partial charge in [-0.05, 0) is 24.2 Å². The third kappa shape index (κ3) is 2.76. The minimum Gasteiger partial charge on any atom is -0.481 e. The lowest BCUT2D eigenvalue weighted by atomic mass is 9.71. The van der Waals surface area contributed by atoms with Gasteiger partial charge in [0.05, 0.1) is 6.42 Å². The van der Waals surface area contributed by atoms with Gasteiger partial charge >= 0.3 is 5.97 Å². The molecule has 0 aromatic rings. The zero-order chi connectivity index (χ0) is 11.6. The lowest BCUT2D eigenvalue weighted by molar-refractivity contribution is -0.141. The van der Waals surface area contributed by atoms with Crippen molar-refractivity contribution in [3.8, 4) is 0 Å². The number of hydrogen-bond donors (Lipinski definition) is 1. The molecule has 1 aliphatic carbocycles. The van der Waals surface area contributed by atoms with E-state index in [0.29, 0.717) is 6.42 Å². The average molecular weight is 225 g/mol. The van der Waals surface area contributed by atoms with E-state index >= 15 is 0 Å². The molecule has 3 heteroatoms. The SMILES string of the molecule is CC1CN(CC2(CC(=O)O)CCCCC2)C1. The summed E-state index contributed by atoms with van der Waals surface area (Å²) in [6.45, 7) is 5.62. The van der Waals surface area contributed by atoms with Crippen LogP contribution in [0.3, 0.4) is 0 Å². The maximum atomic E-state index is 11.0. The summed E-state index contributed by atoms with van der Waals surface area (Å²) in [5.74, 6) is 0.195. The molecule has 0 amide bonds. The second-order valence-corrected chi connectivity index (χ2v) is 5.93. The molecular formula is C13H23NO2. The Morgan fingerprint density at radius 3 is 2.44 bits per heavy atom. The van der Waals surface area contributed by atoms with E-state index in [0.717, 1.165) is 25.3 Å². The summed E-state index contributed by atoms with van der Waals surface area (Å²) in [5, 5.41) is 9.07. The van der Waals surface area contributed by atoms with Gasteiger partial charge in [0.25, 0.3) is 0 Å². The molecule has 1 saturated carbocycles. The molecule has 2 fully saturated rings. The number of carboxylic acids is 1. The third-order valence-corrected chi connectivity index (χ3v) is 4.14. The van der Waals surface area contributed by atoms with E-state index in [2.05, 4.69) is 11.8 Å². The van der Waals surface area contributed by atoms with Gasteiger partial charge in [-0.3, -0.25) is 4.79 Å². The van der Waals surface area contributed by atoms with E-state index in [9.17, 15) is 4.79 Å². The Hall–Kier alpha value is -0.570. The highest BCUT2D eigenvalue weighted by molar-refractivity contribution is 5.67. The lowest BCUT2D eigenvalue weighted by Crippen LogP contribution is -2.51. The summed E-state index contributed by atoms with van der Waals surface area (Å²) in [5.41, 5.74) is 0.0875. The molecule has 0 aromatic carbocycles. The van der Waals surface area contributed by atoms with E-state index in [1.165, 1.54) is 32.4 Å². The Morgan fingerprint density at radius 2 is 1.94 bits per heavy atom. The fraction of sp³-hybridized carbons (Fsp3) is 0.923. The van der Waals surface area contributed by atoms with Crippen molar-refractivity contribution in [3.63, 3.8) is 0 Å². The van der Waals surface area contributed by atoms with Crippen LogP contribution in [0.4, 0.5) is 0 Å². The minimum absolute atomic E-state index is 0.0875. The van der Waals surface area contributed by atoms with Gasteiger partial charge in [0.15, 0.2) is 0 Å². The van der Waals surface area contributed by atoms with Crippen molar-refractivity contribution in [2.75, 3.05) is 19.6 Å². The molecule has 3 nitrogen and oxygen atoms in total. The summed E-state index contributed by atoms with van der Waals surface area (Å²) in [6, 6.07) is 0. The standard InChI is InChI=1S/C13H23NO2/c1-11-8-14(9-11)10-13(7-12(15)16)5-3-2-4-6-13/h11H,2-10H2,1H3,(H,15,16). The zero-order valence-corrected chi connectivity index (χ0v) is 10.2. The van der Waals surface area contributed by atoms with Crippen LogP contribution in [0.2, 0.25) is 0 Å². The van der Waals surface area contributed by atoms with Crippen molar-refractivity contribution in [2.24, 2.45) is 11.3 Å². The van der Waals surface area contributed by atoms with Crippen LogP contribution in [0.5, 0.6) is 0 Å². The van der Waals surface area contributed by atoms with Crippen molar-refractivity contribution in [1.82, 2.24) is 4.90 Å². The van der Waals surface area contributed by atoms with Crippen molar-refractivity contribution in [3.05, 3.63) is 0 Å². The maximum Gasteiger partial charge on any atom is 0.303 e. The first-order valence-electron chi connectivity index (χ1n) is 6.54. The Morgan fingerprint density at radius 1 is 1.31 bits per heavy atom. The fourth-order valence-electron chi connectivity index (χ4n) is 3.44. The van der Waals surface area contributed by atoms with Crippen LogP contribution in [0.1, 0.15) is 45.4 Å². The van der Waals surface area contributed by atoms with Crippen molar-refractivity contribution in [2.45, 2.75) is 45.4 Å². The first-order chi connectivity index (χ1) is 7.60. The van der Waals surface area contributed by atoms with E-state index in [1.807, 2.05) is 0 Å². The van der Waals surface area contributed by atoms with Crippen LogP contribution < -0.4 is 0 Å². The molecule has 1 N–H and O–H groups in total. The van der Waals surface area contributed by atoms with Crippen molar-refractivity contribution >= 4 is 5.97 Å². The molecule has 0 bridgehead atoms. The van der Waals surface area contributed by atoms with Crippen LogP contribution in [0.15, 0.2) is 0 Å². The highest BCUT2D eigenvalue weighted by Gasteiger charge is 2.38. The van der Waals surface area contributed by atoms with Gasteiger partial charge in [-0.25, -0.2) is 0 Å². The van der Waals surface area contributed by atoms with E-state index in [1.54, 1.807) is 0 Å². The van der Waals surface area contributed by atoms with Crippen LogP contribution in [0.25, 0.3) is 0 Å². The Bertz CT molecular complexity index is 253. The predicted molar refractivity (Wildman–Crippen MR) is 63.4 cm³/mol. The molecule has 2 rings (SSSR count). The first kappa shape index (κ1) is 11.9. The molecule has 1 heterocycles. The zero-order valence-electron chi connectivity index (χ0n) is 10.2. The molecule has 0 radical (unpaired) electrons. The van der Waals surface area contributed by atoms with Crippen LogP contribution in [-0.2, 0) is 4.79 Å². The van der Waals surface area contributed by atoms with Gasteiger partial charge in [0.1, 0.15) is 0 Å². The Labute approximate surface area is 97.8 Å². The Balaban J connectivity index is 1.93. The molecule has 16 heavy (non-hydrogen) atoms. The van der Waals surface area contributed by atoms with E-state index in [4.69, 9.17) is 5.11 Å². The second-order valence-electron chi connectivity index (χ2n) is 5.93. The summed E-state index contributed by atoms with van der Waals surface area (Å²) < 4.78 is 0. The molecular weight excluding hydrogens is 202 g/mol. The summed E-state index contributed by atoms with van der Waals surface area (Å²) in [6.07, 6.45) is 6.33.